The third kappa shape index (κ3) is 5.08. The summed E-state index contributed by atoms with van der Waals surface area (Å²) in [6, 6.07) is 9.79. The van der Waals surface area contributed by atoms with Crippen LogP contribution in [-0.2, 0) is 4.74 Å². The number of nitrogens with one attached hydrogen (secondary N) is 1. The summed E-state index contributed by atoms with van der Waals surface area (Å²) >= 11 is 0. The fraction of sp³-hybridized carbons (Fsp3) is 0.471. The molecule has 1 N–H and O–H groups in total. The first-order valence-corrected chi connectivity index (χ1v) is 7.04. The van der Waals surface area contributed by atoms with E-state index in [0.29, 0.717) is 0 Å². The number of hydrogen-bond donors (Lipinski definition) is 1. The molecule has 2 atom stereocenters. The Labute approximate surface area is 122 Å². The normalized spacial score (nSPS) is 14.2. The number of ether oxygens (including phenoxy) is 1. The van der Waals surface area contributed by atoms with Crippen molar-refractivity contribution in [2.24, 2.45) is 5.92 Å². The Morgan fingerprint density at radius 1 is 1.35 bits per heavy atom. The molecule has 0 aliphatic heterocycles. The highest BCUT2D eigenvalue weighted by Gasteiger charge is 2.24. The second kappa shape index (κ2) is 7.13. The second-order valence-corrected chi connectivity index (χ2v) is 5.84. The van der Waals surface area contributed by atoms with Crippen LogP contribution in [-0.4, -0.2) is 11.7 Å². The smallest absolute Gasteiger partial charge is 0.408 e. The van der Waals surface area contributed by atoms with Gasteiger partial charge in [0.05, 0.1) is 6.04 Å². The second-order valence-electron chi connectivity index (χ2n) is 5.84. The van der Waals surface area contributed by atoms with Gasteiger partial charge in [0.25, 0.3) is 0 Å². The van der Waals surface area contributed by atoms with Gasteiger partial charge in [0.1, 0.15) is 5.60 Å². The minimum Gasteiger partial charge on any atom is -0.444 e. The zero-order chi connectivity index (χ0) is 15.2. The van der Waals surface area contributed by atoms with E-state index in [0.717, 1.165) is 12.0 Å². The topological polar surface area (TPSA) is 38.3 Å². The fourth-order valence-corrected chi connectivity index (χ4v) is 2.07. The lowest BCUT2D eigenvalue weighted by atomic mass is 9.91. The molecule has 1 aromatic rings. The lowest BCUT2D eigenvalue weighted by Gasteiger charge is -2.27. The lowest BCUT2D eigenvalue weighted by Crippen LogP contribution is -2.37. The van der Waals surface area contributed by atoms with E-state index in [9.17, 15) is 4.79 Å². The van der Waals surface area contributed by atoms with E-state index in [2.05, 4.69) is 18.8 Å². The van der Waals surface area contributed by atoms with Crippen molar-refractivity contribution in [3.05, 3.63) is 48.6 Å². The summed E-state index contributed by atoms with van der Waals surface area (Å²) in [5.74, 6) is 0.171. The molecular formula is C17H25NO2. The van der Waals surface area contributed by atoms with E-state index in [1.54, 1.807) is 0 Å². The lowest BCUT2D eigenvalue weighted by molar-refractivity contribution is 0.0491. The van der Waals surface area contributed by atoms with Crippen molar-refractivity contribution in [2.75, 3.05) is 0 Å². The van der Waals surface area contributed by atoms with Gasteiger partial charge in [-0.2, -0.15) is 0 Å². The molecule has 110 valence electrons. The summed E-state index contributed by atoms with van der Waals surface area (Å²) in [4.78, 5) is 12.0. The maximum absolute atomic E-state index is 12.0. The van der Waals surface area contributed by atoms with Gasteiger partial charge in [0, 0.05) is 5.92 Å². The van der Waals surface area contributed by atoms with Crippen LogP contribution in [0.1, 0.15) is 45.7 Å². The molecule has 0 saturated carbocycles. The first-order chi connectivity index (χ1) is 9.37. The molecule has 0 saturated heterocycles. The van der Waals surface area contributed by atoms with E-state index < -0.39 is 11.7 Å². The first-order valence-electron chi connectivity index (χ1n) is 7.04. The van der Waals surface area contributed by atoms with Crippen LogP contribution in [0.25, 0.3) is 0 Å². The van der Waals surface area contributed by atoms with Crippen molar-refractivity contribution >= 4 is 6.09 Å². The number of benzene rings is 1. The zero-order valence-electron chi connectivity index (χ0n) is 12.8. The summed E-state index contributed by atoms with van der Waals surface area (Å²) < 4.78 is 5.34. The Hall–Kier alpha value is -1.77. The van der Waals surface area contributed by atoms with Gasteiger partial charge in [-0.1, -0.05) is 43.3 Å². The van der Waals surface area contributed by atoms with Crippen molar-refractivity contribution in [3.63, 3.8) is 0 Å². The van der Waals surface area contributed by atoms with Crippen LogP contribution < -0.4 is 5.32 Å². The Bertz CT molecular complexity index is 434. The third-order valence-electron chi connectivity index (χ3n) is 3.03. The average molecular weight is 275 g/mol. The third-order valence-corrected chi connectivity index (χ3v) is 3.03. The van der Waals surface area contributed by atoms with Crippen LogP contribution in [0.4, 0.5) is 4.79 Å². The molecule has 1 rings (SSSR count). The molecule has 0 aliphatic carbocycles. The van der Waals surface area contributed by atoms with Crippen molar-refractivity contribution in [2.45, 2.75) is 45.8 Å². The average Bonchev–Trinajstić information content (AvgIpc) is 2.38. The molecule has 1 aromatic carbocycles. The molecule has 3 heteroatoms. The van der Waals surface area contributed by atoms with Gasteiger partial charge in [-0.3, -0.25) is 0 Å². The SMILES string of the molecule is C=C[C@H](CC)[C@H](NC(=O)OC(C)(C)C)c1ccccc1. The molecule has 20 heavy (non-hydrogen) atoms. The summed E-state index contributed by atoms with van der Waals surface area (Å²) in [7, 11) is 0. The van der Waals surface area contributed by atoms with Crippen LogP contribution in [0.2, 0.25) is 0 Å². The minimum absolute atomic E-state index is 0.117. The predicted octanol–water partition coefficient (Wildman–Crippen LogP) is 4.46. The number of carbonyl (C=O) groups is 1. The standard InChI is InChI=1S/C17H25NO2/c1-6-13(7-2)15(14-11-9-8-10-12-14)18-16(19)20-17(3,4)5/h6,8-13,15H,1,7H2,2-5H3,(H,18,19)/t13-,15+/m1/s1. The monoisotopic (exact) mass is 275 g/mol. The molecule has 0 aromatic heterocycles. The van der Waals surface area contributed by atoms with Gasteiger partial charge in [0.2, 0.25) is 0 Å². The summed E-state index contributed by atoms with van der Waals surface area (Å²) in [5, 5.41) is 2.96. The molecule has 0 aliphatic rings. The minimum atomic E-state index is -0.499. The molecule has 0 bridgehead atoms. The van der Waals surface area contributed by atoms with E-state index in [4.69, 9.17) is 4.74 Å². The zero-order valence-corrected chi connectivity index (χ0v) is 12.8. The quantitative estimate of drug-likeness (QED) is 0.805. The Morgan fingerprint density at radius 3 is 2.40 bits per heavy atom. The number of hydrogen-bond acceptors (Lipinski definition) is 2. The van der Waals surface area contributed by atoms with Gasteiger partial charge in [-0.25, -0.2) is 4.79 Å². The van der Waals surface area contributed by atoms with Crippen LogP contribution in [0.15, 0.2) is 43.0 Å². The molecular weight excluding hydrogens is 250 g/mol. The summed E-state index contributed by atoms with van der Waals surface area (Å²) in [6.07, 6.45) is 2.39. The van der Waals surface area contributed by atoms with E-state index >= 15 is 0 Å². The van der Waals surface area contributed by atoms with Crippen molar-refractivity contribution in [1.29, 1.82) is 0 Å². The number of amides is 1. The fourth-order valence-electron chi connectivity index (χ4n) is 2.07. The molecule has 1 amide bonds. The molecule has 0 unspecified atom stereocenters. The molecule has 0 heterocycles. The molecule has 0 radical (unpaired) electrons. The Morgan fingerprint density at radius 2 is 1.95 bits per heavy atom. The highest BCUT2D eigenvalue weighted by Crippen LogP contribution is 2.26. The van der Waals surface area contributed by atoms with Crippen molar-refractivity contribution in [1.82, 2.24) is 5.32 Å². The molecule has 0 fully saturated rings. The number of carbonyl (C=O) groups excluding carboxylic acids is 1. The van der Waals surface area contributed by atoms with Crippen LogP contribution in [0, 0.1) is 5.92 Å². The summed E-state index contributed by atoms with van der Waals surface area (Å²) in [5.41, 5.74) is 0.561. The molecule has 0 spiro atoms. The van der Waals surface area contributed by atoms with Gasteiger partial charge >= 0.3 is 6.09 Å². The maximum atomic E-state index is 12.0. The first kappa shape index (κ1) is 16.3. The van der Waals surface area contributed by atoms with Gasteiger partial charge < -0.3 is 10.1 Å². The molecule has 3 nitrogen and oxygen atoms in total. The van der Waals surface area contributed by atoms with Gasteiger partial charge in [0.15, 0.2) is 0 Å². The van der Waals surface area contributed by atoms with E-state index in [-0.39, 0.29) is 12.0 Å². The Kier molecular flexibility index (Phi) is 5.81. The Balaban J connectivity index is 2.89. The van der Waals surface area contributed by atoms with Crippen LogP contribution in [0.5, 0.6) is 0 Å². The predicted molar refractivity (Wildman–Crippen MR) is 82.5 cm³/mol. The maximum Gasteiger partial charge on any atom is 0.408 e. The van der Waals surface area contributed by atoms with Crippen LogP contribution in [0.3, 0.4) is 0 Å². The van der Waals surface area contributed by atoms with Crippen molar-refractivity contribution < 1.29 is 9.53 Å². The largest absolute Gasteiger partial charge is 0.444 e. The summed E-state index contributed by atoms with van der Waals surface area (Å²) in [6.45, 7) is 11.5. The van der Waals surface area contributed by atoms with Gasteiger partial charge in [-0.15, -0.1) is 6.58 Å². The highest BCUT2D eigenvalue weighted by molar-refractivity contribution is 5.68. The van der Waals surface area contributed by atoms with E-state index in [1.807, 2.05) is 57.2 Å². The highest BCUT2D eigenvalue weighted by atomic mass is 16.6. The number of rotatable bonds is 5. The van der Waals surface area contributed by atoms with Crippen molar-refractivity contribution in [3.8, 4) is 0 Å². The van der Waals surface area contributed by atoms with E-state index in [1.165, 1.54) is 0 Å². The van der Waals surface area contributed by atoms with Gasteiger partial charge in [-0.05, 0) is 32.8 Å². The van der Waals surface area contributed by atoms with Crippen LogP contribution >= 0.6 is 0 Å². The number of alkyl carbamates (subject to hydrolysis) is 1.